The fraction of sp³-hybridized carbons (Fsp3) is 0.500. The molecule has 1 amide bonds. The van der Waals surface area contributed by atoms with Crippen LogP contribution in [0.2, 0.25) is 0 Å². The van der Waals surface area contributed by atoms with Crippen LogP contribution in [0, 0.1) is 6.92 Å². The lowest BCUT2D eigenvalue weighted by molar-refractivity contribution is -0.192. The summed E-state index contributed by atoms with van der Waals surface area (Å²) in [6, 6.07) is 3.52. The summed E-state index contributed by atoms with van der Waals surface area (Å²) in [5.74, 6) is -1.50. The zero-order valence-corrected chi connectivity index (χ0v) is 16.9. The third kappa shape index (κ3) is 5.15. The topological polar surface area (TPSA) is 99.8 Å². The predicted octanol–water partition coefficient (Wildman–Crippen LogP) is 3.29. The third-order valence-corrected chi connectivity index (χ3v) is 5.56. The van der Waals surface area contributed by atoms with Crippen molar-refractivity contribution in [2.45, 2.75) is 44.3 Å². The maximum absolute atomic E-state index is 12.8. The molecule has 8 nitrogen and oxygen atoms in total. The first-order valence-corrected chi connectivity index (χ1v) is 9.82. The molecule has 2 aromatic rings. The van der Waals surface area contributed by atoms with Gasteiger partial charge in [-0.1, -0.05) is 0 Å². The Kier molecular flexibility index (Phi) is 6.51. The quantitative estimate of drug-likeness (QED) is 0.765. The van der Waals surface area contributed by atoms with Crippen molar-refractivity contribution in [1.29, 1.82) is 0 Å². The van der Waals surface area contributed by atoms with E-state index < -0.39 is 12.1 Å². The maximum Gasteiger partial charge on any atom is 0.490 e. The van der Waals surface area contributed by atoms with Gasteiger partial charge in [0.25, 0.3) is 5.91 Å². The number of furan rings is 1. The Bertz CT molecular complexity index is 892. The van der Waals surface area contributed by atoms with E-state index in [0.717, 1.165) is 56.8 Å². The van der Waals surface area contributed by atoms with E-state index in [1.807, 2.05) is 24.2 Å². The lowest BCUT2D eigenvalue weighted by Crippen LogP contribution is -2.54. The van der Waals surface area contributed by atoms with Gasteiger partial charge < -0.3 is 19.3 Å². The van der Waals surface area contributed by atoms with Gasteiger partial charge in [-0.25, -0.2) is 14.8 Å². The van der Waals surface area contributed by atoms with Gasteiger partial charge in [0, 0.05) is 37.6 Å². The van der Waals surface area contributed by atoms with Crippen LogP contribution in [0.15, 0.2) is 35.2 Å². The highest BCUT2D eigenvalue weighted by molar-refractivity contribution is 5.92. The van der Waals surface area contributed by atoms with Gasteiger partial charge in [0.15, 0.2) is 5.76 Å². The number of aliphatic carboxylic acids is 1. The highest BCUT2D eigenvalue weighted by Gasteiger charge is 2.46. The van der Waals surface area contributed by atoms with Gasteiger partial charge >= 0.3 is 12.1 Å². The minimum atomic E-state index is -5.08. The second-order valence-corrected chi connectivity index (χ2v) is 7.61. The normalized spacial score (nSPS) is 17.9. The lowest BCUT2D eigenvalue weighted by Gasteiger charge is -2.44. The molecule has 0 atom stereocenters. The van der Waals surface area contributed by atoms with Crippen LogP contribution < -0.4 is 4.90 Å². The molecule has 2 aliphatic rings. The van der Waals surface area contributed by atoms with E-state index in [1.165, 1.54) is 0 Å². The van der Waals surface area contributed by atoms with Crippen molar-refractivity contribution in [2.75, 3.05) is 24.5 Å². The van der Waals surface area contributed by atoms with Gasteiger partial charge in [-0.2, -0.15) is 13.2 Å². The van der Waals surface area contributed by atoms with E-state index >= 15 is 0 Å². The number of carboxylic acid groups (broad SMARTS) is 1. The van der Waals surface area contributed by atoms with Crippen molar-refractivity contribution in [1.82, 2.24) is 14.9 Å². The number of hydrogen-bond donors (Lipinski definition) is 1. The molecule has 168 valence electrons. The molecule has 2 aromatic heterocycles. The number of piperidine rings is 1. The molecule has 2 fully saturated rings. The second kappa shape index (κ2) is 8.94. The summed E-state index contributed by atoms with van der Waals surface area (Å²) in [7, 11) is 0. The number of aromatic nitrogens is 2. The Hall–Kier alpha value is -3.11. The van der Waals surface area contributed by atoms with Crippen LogP contribution in [0.25, 0.3) is 0 Å². The Morgan fingerprint density at radius 3 is 2.26 bits per heavy atom. The average Bonchev–Trinajstić information content (AvgIpc) is 3.39. The van der Waals surface area contributed by atoms with Crippen molar-refractivity contribution >= 4 is 17.8 Å². The Labute approximate surface area is 176 Å². The van der Waals surface area contributed by atoms with Gasteiger partial charge in [0.05, 0.1) is 6.26 Å². The number of nitrogens with zero attached hydrogens (tertiary/aromatic N) is 4. The summed E-state index contributed by atoms with van der Waals surface area (Å²) >= 11 is 0. The number of rotatable bonds is 2. The van der Waals surface area contributed by atoms with Crippen LogP contribution in [0.1, 0.15) is 41.8 Å². The Morgan fingerprint density at radius 2 is 1.74 bits per heavy atom. The highest BCUT2D eigenvalue weighted by atomic mass is 19.4. The van der Waals surface area contributed by atoms with Crippen LogP contribution in [-0.4, -0.2) is 63.2 Å². The number of amides is 1. The molecule has 11 heteroatoms. The number of hydrogen-bond acceptors (Lipinski definition) is 6. The van der Waals surface area contributed by atoms with Crippen molar-refractivity contribution < 1.29 is 32.3 Å². The number of likely N-dealkylation sites (tertiary alicyclic amines) is 1. The summed E-state index contributed by atoms with van der Waals surface area (Å²) in [5, 5.41) is 7.12. The number of aryl methyl sites for hydroxylation is 1. The fourth-order valence-electron chi connectivity index (χ4n) is 3.98. The second-order valence-electron chi connectivity index (χ2n) is 7.61. The van der Waals surface area contributed by atoms with E-state index in [1.54, 1.807) is 18.4 Å². The highest BCUT2D eigenvalue weighted by Crippen LogP contribution is 2.39. The van der Waals surface area contributed by atoms with Crippen LogP contribution in [0.4, 0.5) is 19.1 Å². The Balaban J connectivity index is 0.000000339. The Morgan fingerprint density at radius 1 is 1.13 bits per heavy atom. The van der Waals surface area contributed by atoms with Crippen LogP contribution in [-0.2, 0) is 4.79 Å². The first-order valence-electron chi connectivity index (χ1n) is 9.82. The number of carboxylic acids is 1. The van der Waals surface area contributed by atoms with Gasteiger partial charge in [0.1, 0.15) is 0 Å². The first-order chi connectivity index (χ1) is 14.6. The number of anilines is 1. The van der Waals surface area contributed by atoms with Gasteiger partial charge in [-0.05, 0) is 50.3 Å². The molecule has 0 aromatic carbocycles. The molecule has 1 spiro atoms. The van der Waals surface area contributed by atoms with Gasteiger partial charge in [-0.3, -0.25) is 4.79 Å². The summed E-state index contributed by atoms with van der Waals surface area (Å²) in [5.41, 5.74) is 1.03. The molecule has 2 saturated heterocycles. The summed E-state index contributed by atoms with van der Waals surface area (Å²) < 4.78 is 37.1. The van der Waals surface area contributed by atoms with Crippen molar-refractivity contribution in [3.8, 4) is 0 Å². The average molecular weight is 440 g/mol. The monoisotopic (exact) mass is 440 g/mol. The molecule has 2 aliphatic heterocycles. The first kappa shape index (κ1) is 22.6. The zero-order valence-electron chi connectivity index (χ0n) is 16.9. The van der Waals surface area contributed by atoms with Crippen LogP contribution in [0.5, 0.6) is 0 Å². The predicted molar refractivity (Wildman–Crippen MR) is 104 cm³/mol. The largest absolute Gasteiger partial charge is 0.490 e. The zero-order chi connectivity index (χ0) is 22.6. The molecule has 4 heterocycles. The van der Waals surface area contributed by atoms with Crippen molar-refractivity contribution in [3.63, 3.8) is 0 Å². The van der Waals surface area contributed by atoms with E-state index in [9.17, 15) is 18.0 Å². The molecule has 1 N–H and O–H groups in total. The molecule has 0 radical (unpaired) electrons. The van der Waals surface area contributed by atoms with Gasteiger partial charge in [-0.15, -0.1) is 0 Å². The minimum Gasteiger partial charge on any atom is -0.475 e. The SMILES string of the molecule is Cc1cnc(N2CCC3(CCCN3C(=O)c3ccco3)CC2)nc1.O=C(O)C(F)(F)F. The number of carbonyl (C=O) groups is 2. The molecular weight excluding hydrogens is 417 g/mol. The van der Waals surface area contributed by atoms with Crippen molar-refractivity contribution in [3.05, 3.63) is 42.1 Å². The number of carbonyl (C=O) groups excluding carboxylic acids is 1. The van der Waals surface area contributed by atoms with Crippen LogP contribution >= 0.6 is 0 Å². The van der Waals surface area contributed by atoms with E-state index in [2.05, 4.69) is 14.9 Å². The smallest absolute Gasteiger partial charge is 0.475 e. The summed E-state index contributed by atoms with van der Waals surface area (Å²) in [6.45, 7) is 4.57. The van der Waals surface area contributed by atoms with E-state index in [-0.39, 0.29) is 11.4 Å². The maximum atomic E-state index is 12.8. The molecule has 4 rings (SSSR count). The number of halogens is 3. The minimum absolute atomic E-state index is 0.0255. The summed E-state index contributed by atoms with van der Waals surface area (Å²) in [4.78, 5) is 34.8. The number of alkyl halides is 3. The van der Waals surface area contributed by atoms with E-state index in [0.29, 0.717) is 5.76 Å². The van der Waals surface area contributed by atoms with Gasteiger partial charge in [0.2, 0.25) is 5.95 Å². The molecule has 0 saturated carbocycles. The molecule has 0 unspecified atom stereocenters. The fourth-order valence-corrected chi connectivity index (χ4v) is 3.98. The molecule has 31 heavy (non-hydrogen) atoms. The molecule has 0 aliphatic carbocycles. The van der Waals surface area contributed by atoms with Crippen LogP contribution in [0.3, 0.4) is 0 Å². The lowest BCUT2D eigenvalue weighted by atomic mass is 9.85. The summed E-state index contributed by atoms with van der Waals surface area (Å²) in [6.07, 6.45) is 4.24. The standard InChI is InChI=1S/C18H22N4O2.C2HF3O2/c1-14-12-19-17(20-13-14)21-9-6-18(7-10-21)5-3-8-22(18)16(23)15-4-2-11-24-15;3-2(4,5)1(6)7/h2,4,11-13H,3,5-10H2,1H3;(H,6,7). The molecular formula is C20H23F3N4O4. The third-order valence-electron chi connectivity index (χ3n) is 5.56. The van der Waals surface area contributed by atoms with E-state index in [4.69, 9.17) is 14.3 Å². The van der Waals surface area contributed by atoms with Crippen molar-refractivity contribution in [2.24, 2.45) is 0 Å². The molecule has 0 bridgehead atoms.